The number of ether oxygens (including phenoxy) is 1. The van der Waals surface area contributed by atoms with Gasteiger partial charge in [0, 0.05) is 22.7 Å². The average Bonchev–Trinajstić information content (AvgIpc) is 3.30. The smallest absolute Gasteiger partial charge is 0.306 e. The molecule has 2 aromatic heterocycles. The number of nitrogens with zero attached hydrogens (tertiary/aromatic N) is 1. The van der Waals surface area contributed by atoms with Crippen LogP contribution in [0.25, 0.3) is 17.5 Å². The van der Waals surface area contributed by atoms with Crippen LogP contribution in [0.15, 0.2) is 41.4 Å². The molecule has 0 saturated carbocycles. The maximum absolute atomic E-state index is 11.8. The molecule has 0 spiro atoms. The van der Waals surface area contributed by atoms with Crippen molar-refractivity contribution in [1.82, 2.24) is 9.97 Å². The first-order valence-corrected chi connectivity index (χ1v) is 10.8. The number of methoxy groups -OCH3 is 1. The summed E-state index contributed by atoms with van der Waals surface area (Å²) < 4.78 is 34.5. The number of fused-ring (bicyclic) bond motifs is 1. The first kappa shape index (κ1) is 19.1. The van der Waals surface area contributed by atoms with Gasteiger partial charge in [-0.05, 0) is 43.7 Å². The molecule has 1 aliphatic rings. The van der Waals surface area contributed by atoms with E-state index in [9.17, 15) is 8.42 Å². The van der Waals surface area contributed by atoms with E-state index in [0.29, 0.717) is 27.4 Å². The van der Waals surface area contributed by atoms with Crippen molar-refractivity contribution in [3.05, 3.63) is 74.6 Å². The molecule has 4 rings (SSSR count). The molecular formula is C21H21N3O4S. The first-order chi connectivity index (χ1) is 13.7. The number of hydrogen-bond donors (Lipinski definition) is 2. The Labute approximate surface area is 167 Å². The predicted molar refractivity (Wildman–Crippen MR) is 110 cm³/mol. The lowest BCUT2D eigenvalue weighted by Gasteiger charge is -2.04. The molecule has 7 nitrogen and oxygen atoms in total. The van der Waals surface area contributed by atoms with Gasteiger partial charge < -0.3 is 18.9 Å². The molecule has 29 heavy (non-hydrogen) atoms. The number of aromatic amines is 2. The summed E-state index contributed by atoms with van der Waals surface area (Å²) >= 11 is 0. The number of rotatable bonds is 4. The summed E-state index contributed by atoms with van der Waals surface area (Å²) in [6.45, 7) is 4.02. The highest BCUT2D eigenvalue weighted by Crippen LogP contribution is 2.18. The molecule has 0 unspecified atom stereocenters. The Morgan fingerprint density at radius 3 is 2.52 bits per heavy atom. The van der Waals surface area contributed by atoms with E-state index in [4.69, 9.17) is 8.92 Å². The third-order valence-electron chi connectivity index (χ3n) is 4.59. The van der Waals surface area contributed by atoms with Crippen LogP contribution in [0.3, 0.4) is 0 Å². The number of aromatic nitrogens is 2. The summed E-state index contributed by atoms with van der Waals surface area (Å²) in [7, 11) is -2.14. The fourth-order valence-electron chi connectivity index (χ4n) is 3.38. The topological polar surface area (TPSA) is 96.5 Å². The van der Waals surface area contributed by atoms with Gasteiger partial charge in [-0.2, -0.15) is 8.42 Å². The van der Waals surface area contributed by atoms with Gasteiger partial charge in [-0.15, -0.1) is 0 Å². The van der Waals surface area contributed by atoms with Crippen molar-refractivity contribution in [3.63, 3.8) is 0 Å². The van der Waals surface area contributed by atoms with Crippen LogP contribution in [0.5, 0.6) is 5.75 Å². The summed E-state index contributed by atoms with van der Waals surface area (Å²) in [5.74, 6) is 0.814. The number of nitrogens with one attached hydrogen (secondary N) is 2. The van der Waals surface area contributed by atoms with Gasteiger partial charge in [-0.3, -0.25) is 0 Å². The second-order valence-corrected chi connectivity index (χ2v) is 8.53. The van der Waals surface area contributed by atoms with Gasteiger partial charge in [0.05, 0.1) is 29.4 Å². The Morgan fingerprint density at radius 1 is 1.10 bits per heavy atom. The molecule has 3 aromatic rings. The summed E-state index contributed by atoms with van der Waals surface area (Å²) in [5.41, 5.74) is 3.54. The van der Waals surface area contributed by atoms with E-state index in [0.717, 1.165) is 28.6 Å². The van der Waals surface area contributed by atoms with Gasteiger partial charge in [-0.25, -0.2) is 4.99 Å². The maximum Gasteiger partial charge on any atom is 0.306 e. The van der Waals surface area contributed by atoms with Gasteiger partial charge in [0.2, 0.25) is 0 Å². The van der Waals surface area contributed by atoms with Gasteiger partial charge >= 0.3 is 10.1 Å². The molecule has 3 heterocycles. The Hall–Kier alpha value is -3.26. The van der Waals surface area contributed by atoms with Crippen LogP contribution >= 0.6 is 0 Å². The largest absolute Gasteiger partial charge is 0.494 e. The average molecular weight is 411 g/mol. The van der Waals surface area contributed by atoms with E-state index in [-0.39, 0.29) is 5.76 Å². The minimum Gasteiger partial charge on any atom is -0.494 e. The van der Waals surface area contributed by atoms with Gasteiger partial charge in [0.15, 0.2) is 5.76 Å². The zero-order chi connectivity index (χ0) is 20.8. The molecule has 0 saturated heterocycles. The second-order valence-electron chi connectivity index (χ2n) is 6.95. The monoisotopic (exact) mass is 411 g/mol. The van der Waals surface area contributed by atoms with Crippen LogP contribution in [0.4, 0.5) is 0 Å². The van der Waals surface area contributed by atoms with Crippen molar-refractivity contribution >= 4 is 27.7 Å². The maximum atomic E-state index is 11.8. The van der Waals surface area contributed by atoms with E-state index in [1.807, 2.05) is 38.1 Å². The summed E-state index contributed by atoms with van der Waals surface area (Å²) in [6, 6.07) is 11.1. The molecule has 8 heteroatoms. The molecule has 0 aliphatic carbocycles. The number of hydrogen-bond acceptors (Lipinski definition) is 5. The van der Waals surface area contributed by atoms with Gasteiger partial charge in [0.1, 0.15) is 11.4 Å². The number of benzene rings is 1. The highest BCUT2D eigenvalue weighted by molar-refractivity contribution is 7.86. The molecule has 1 aromatic carbocycles. The van der Waals surface area contributed by atoms with E-state index in [1.54, 1.807) is 19.2 Å². The lowest BCUT2D eigenvalue weighted by molar-refractivity contribution is 0.412. The minimum atomic E-state index is -3.73. The molecule has 0 radical (unpaired) electrons. The lowest BCUT2D eigenvalue weighted by atomic mass is 10.2. The van der Waals surface area contributed by atoms with Crippen LogP contribution in [0, 0.1) is 13.8 Å². The molecule has 0 fully saturated rings. The van der Waals surface area contributed by atoms with Crippen molar-refractivity contribution in [2.24, 2.45) is 4.99 Å². The van der Waals surface area contributed by atoms with Crippen LogP contribution < -0.4 is 26.0 Å². The van der Waals surface area contributed by atoms with Gasteiger partial charge in [-0.1, -0.05) is 12.1 Å². The third-order valence-corrected chi connectivity index (χ3v) is 5.06. The molecule has 2 N–H and O–H groups in total. The number of aryl methyl sites for hydroxylation is 2. The van der Waals surface area contributed by atoms with Crippen LogP contribution in [0.1, 0.15) is 17.0 Å². The van der Waals surface area contributed by atoms with E-state index in [2.05, 4.69) is 21.0 Å². The Bertz CT molecular complexity index is 1460. The number of H-pyrrole nitrogens is 2. The second kappa shape index (κ2) is 6.97. The fraction of sp³-hybridized carbons (Fsp3) is 0.190. The molecule has 1 aliphatic heterocycles. The number of para-hydroxylation sites is 1. The van der Waals surface area contributed by atoms with E-state index >= 15 is 0 Å². The van der Waals surface area contributed by atoms with Crippen LogP contribution in [-0.2, 0) is 14.3 Å². The minimum absolute atomic E-state index is 0.199. The molecule has 0 atom stereocenters. The quantitative estimate of drug-likeness (QED) is 0.605. The molecule has 0 bridgehead atoms. The van der Waals surface area contributed by atoms with Crippen molar-refractivity contribution in [2.45, 2.75) is 13.8 Å². The zero-order valence-corrected chi connectivity index (χ0v) is 17.3. The molecular weight excluding hydrogens is 390 g/mol. The fourth-order valence-corrected chi connectivity index (χ4v) is 3.85. The summed E-state index contributed by atoms with van der Waals surface area (Å²) in [4.78, 5) is 11.2. The van der Waals surface area contributed by atoms with Crippen molar-refractivity contribution < 1.29 is 17.3 Å². The Balaban J connectivity index is 2.00. The SMILES string of the molecule is COc1cc(=C2N=c3ccccc3=C2OS(C)(=O)=O)[nH]/c1=C/c1[nH]c(C)cc1C. The van der Waals surface area contributed by atoms with Crippen molar-refractivity contribution in [3.8, 4) is 5.75 Å². The van der Waals surface area contributed by atoms with Crippen LogP contribution in [0.2, 0.25) is 0 Å². The molecule has 150 valence electrons. The summed E-state index contributed by atoms with van der Waals surface area (Å²) in [5, 5.41) is 2.62. The predicted octanol–water partition coefficient (Wildman–Crippen LogP) is 0.323. The highest BCUT2D eigenvalue weighted by Gasteiger charge is 2.20. The first-order valence-electron chi connectivity index (χ1n) is 8.98. The molecule has 0 amide bonds. The Morgan fingerprint density at radius 2 is 1.86 bits per heavy atom. The third kappa shape index (κ3) is 3.71. The van der Waals surface area contributed by atoms with E-state index < -0.39 is 10.1 Å². The van der Waals surface area contributed by atoms with Gasteiger partial charge in [0.25, 0.3) is 0 Å². The van der Waals surface area contributed by atoms with Crippen LogP contribution in [-0.4, -0.2) is 31.8 Å². The lowest BCUT2D eigenvalue weighted by Crippen LogP contribution is -2.23. The highest BCUT2D eigenvalue weighted by atomic mass is 32.2. The standard InChI is InChI=1S/C21H21N3O4S/c1-12-9-13(2)22-16(12)10-17-19(27-3)11-18(23-17)20-21(28-29(4,25)26)14-7-5-6-8-15(14)24-20/h5-11,22-23H,1-4H3/b17-10+,20-18?. The van der Waals surface area contributed by atoms with Crippen molar-refractivity contribution in [1.29, 1.82) is 0 Å². The summed E-state index contributed by atoms with van der Waals surface area (Å²) in [6.07, 6.45) is 2.97. The van der Waals surface area contributed by atoms with E-state index in [1.165, 1.54) is 0 Å². The normalized spacial score (nSPS) is 16.0. The zero-order valence-electron chi connectivity index (χ0n) is 16.5. The Kier molecular flexibility index (Phi) is 4.58. The van der Waals surface area contributed by atoms with Crippen molar-refractivity contribution in [2.75, 3.05) is 13.4 Å².